The second-order valence-corrected chi connectivity index (χ2v) is 13.7. The minimum Gasteiger partial charge on any atom is -0.399 e. The van der Waals surface area contributed by atoms with Crippen molar-refractivity contribution in [1.82, 2.24) is 4.57 Å². The molecular weight excluding hydrogens is 631 g/mol. The number of nitrogens with two attached hydrogens (primary N) is 1. The highest BCUT2D eigenvalue weighted by atomic mass is 15.2. The summed E-state index contributed by atoms with van der Waals surface area (Å²) in [5, 5.41) is 2.48. The van der Waals surface area contributed by atoms with Crippen LogP contribution in [0.4, 0.5) is 17.1 Å². The fourth-order valence-electron chi connectivity index (χ4n) is 7.96. The Bertz CT molecular complexity index is 2530. The molecule has 8 aromatic rings. The molecule has 250 valence electrons. The molecule has 0 fully saturated rings. The van der Waals surface area contributed by atoms with E-state index in [2.05, 4.69) is 204 Å². The van der Waals surface area contributed by atoms with E-state index in [1.54, 1.807) is 0 Å². The number of hydrogen-bond acceptors (Lipinski definition) is 2. The smallest absolute Gasteiger partial charge is 0.107 e. The van der Waals surface area contributed by atoms with E-state index in [9.17, 15) is 0 Å². The Morgan fingerprint density at radius 2 is 1.15 bits per heavy atom. The fraction of sp³-hybridized carbons (Fsp3) is 0.0612. The highest BCUT2D eigenvalue weighted by Gasteiger charge is 2.38. The average Bonchev–Trinajstić information content (AvgIpc) is 3.53. The number of para-hydroxylation sites is 3. The number of fused-ring (bicyclic) bond motifs is 3. The summed E-state index contributed by atoms with van der Waals surface area (Å²) in [5.74, 6) is 0.115. The van der Waals surface area contributed by atoms with Crippen molar-refractivity contribution >= 4 is 38.9 Å². The molecule has 0 bridgehead atoms. The van der Waals surface area contributed by atoms with Gasteiger partial charge >= 0.3 is 0 Å². The molecule has 1 aliphatic rings. The van der Waals surface area contributed by atoms with Crippen LogP contribution in [0.5, 0.6) is 0 Å². The van der Waals surface area contributed by atoms with E-state index < -0.39 is 5.54 Å². The Hall–Kier alpha value is -6.58. The quantitative estimate of drug-likeness (QED) is 0.135. The summed E-state index contributed by atoms with van der Waals surface area (Å²) >= 11 is 0. The number of hydrogen-bond donors (Lipinski definition) is 1. The summed E-state index contributed by atoms with van der Waals surface area (Å²) in [5.41, 5.74) is 17.9. The van der Waals surface area contributed by atoms with Crippen LogP contribution < -0.4 is 10.6 Å². The van der Waals surface area contributed by atoms with E-state index in [1.165, 1.54) is 44.1 Å². The Kier molecular flexibility index (Phi) is 7.82. The minimum atomic E-state index is -0.665. The zero-order valence-electron chi connectivity index (χ0n) is 29.1. The lowest BCUT2D eigenvalue weighted by Crippen LogP contribution is -2.41. The van der Waals surface area contributed by atoms with Crippen molar-refractivity contribution in [2.75, 3.05) is 10.6 Å². The highest BCUT2D eigenvalue weighted by molar-refractivity contribution is 6.09. The van der Waals surface area contributed by atoms with E-state index in [4.69, 9.17) is 5.73 Å². The van der Waals surface area contributed by atoms with E-state index in [1.807, 2.05) is 12.1 Å². The number of nitrogens with zero attached hydrogens (tertiary/aromatic N) is 2. The van der Waals surface area contributed by atoms with Crippen molar-refractivity contribution in [3.05, 3.63) is 217 Å². The van der Waals surface area contributed by atoms with Crippen molar-refractivity contribution in [2.45, 2.75) is 18.4 Å². The van der Waals surface area contributed by atoms with Gasteiger partial charge in [-0.1, -0.05) is 146 Å². The molecule has 0 unspecified atom stereocenters. The first-order chi connectivity index (χ1) is 25.6. The molecule has 0 saturated carbocycles. The monoisotopic (exact) mass is 669 g/mol. The molecule has 1 heterocycles. The molecule has 1 aromatic heterocycles. The molecule has 0 saturated heterocycles. The topological polar surface area (TPSA) is 34.2 Å². The van der Waals surface area contributed by atoms with Gasteiger partial charge in [-0.2, -0.15) is 0 Å². The Labute approximate surface area is 305 Å². The number of aryl methyl sites for hydroxylation is 1. The van der Waals surface area contributed by atoms with E-state index in [-0.39, 0.29) is 5.92 Å². The third-order valence-corrected chi connectivity index (χ3v) is 10.4. The van der Waals surface area contributed by atoms with Gasteiger partial charge in [-0.3, -0.25) is 0 Å². The molecule has 0 amide bonds. The van der Waals surface area contributed by atoms with E-state index in [0.29, 0.717) is 0 Å². The van der Waals surface area contributed by atoms with E-state index >= 15 is 0 Å². The van der Waals surface area contributed by atoms with Crippen LogP contribution in [0.15, 0.2) is 200 Å². The van der Waals surface area contributed by atoms with Crippen LogP contribution in [-0.2, 0) is 5.54 Å². The second kappa shape index (κ2) is 12.9. The number of rotatable bonds is 7. The maximum absolute atomic E-state index is 6.09. The van der Waals surface area contributed by atoms with Gasteiger partial charge < -0.3 is 15.2 Å². The molecule has 0 radical (unpaired) electrons. The van der Waals surface area contributed by atoms with Crippen LogP contribution in [0, 0.1) is 6.92 Å². The fourth-order valence-corrected chi connectivity index (χ4v) is 7.96. The Morgan fingerprint density at radius 3 is 1.81 bits per heavy atom. The van der Waals surface area contributed by atoms with Crippen molar-refractivity contribution in [3.63, 3.8) is 0 Å². The van der Waals surface area contributed by atoms with Crippen molar-refractivity contribution in [2.24, 2.45) is 0 Å². The first kappa shape index (κ1) is 31.4. The third kappa shape index (κ3) is 5.39. The van der Waals surface area contributed by atoms with Gasteiger partial charge in [0.15, 0.2) is 0 Å². The number of anilines is 3. The van der Waals surface area contributed by atoms with Gasteiger partial charge in [0.1, 0.15) is 5.54 Å². The Morgan fingerprint density at radius 1 is 0.558 bits per heavy atom. The minimum absolute atomic E-state index is 0.115. The van der Waals surface area contributed by atoms with Gasteiger partial charge in [-0.25, -0.2) is 0 Å². The standard InChI is InChI=1S/C49H39N3/c1-35-13-12-18-42(33-35)52(41-16-6-3-7-17-41)49(31-29-37(30-32-49)36-23-26-40(50)27-24-36)39-25-28-43(38-14-4-2-5-15-38)48(34-39)51-46-21-10-8-19-44(46)45-20-9-11-22-47(45)51/h2-34,37H,50H2,1H3. The van der Waals surface area contributed by atoms with Gasteiger partial charge in [0.25, 0.3) is 0 Å². The average molecular weight is 670 g/mol. The van der Waals surface area contributed by atoms with Crippen LogP contribution in [0.3, 0.4) is 0 Å². The third-order valence-electron chi connectivity index (χ3n) is 10.4. The van der Waals surface area contributed by atoms with Crippen LogP contribution in [0.2, 0.25) is 0 Å². The van der Waals surface area contributed by atoms with Gasteiger partial charge in [-0.05, 0) is 83.8 Å². The summed E-state index contributed by atoms with van der Waals surface area (Å²) < 4.78 is 2.46. The summed E-state index contributed by atoms with van der Waals surface area (Å²) in [6.07, 6.45) is 9.50. The van der Waals surface area contributed by atoms with Gasteiger partial charge in [0.2, 0.25) is 0 Å². The molecule has 52 heavy (non-hydrogen) atoms. The molecule has 0 spiro atoms. The van der Waals surface area contributed by atoms with Crippen molar-refractivity contribution in [3.8, 4) is 16.8 Å². The molecule has 2 N–H and O–H groups in total. The van der Waals surface area contributed by atoms with Gasteiger partial charge in [0.05, 0.1) is 16.7 Å². The van der Waals surface area contributed by atoms with E-state index in [0.717, 1.165) is 28.3 Å². The van der Waals surface area contributed by atoms with Crippen molar-refractivity contribution < 1.29 is 0 Å². The summed E-state index contributed by atoms with van der Waals surface area (Å²) in [6, 6.07) is 63.2. The maximum Gasteiger partial charge on any atom is 0.107 e. The predicted molar refractivity (Wildman–Crippen MR) is 220 cm³/mol. The first-order valence-electron chi connectivity index (χ1n) is 17.9. The zero-order chi connectivity index (χ0) is 35.1. The zero-order valence-corrected chi connectivity index (χ0v) is 29.1. The molecule has 9 rings (SSSR count). The lowest BCUT2D eigenvalue weighted by atomic mass is 9.79. The normalized spacial score (nSPS) is 16.8. The molecule has 1 aliphatic carbocycles. The van der Waals surface area contributed by atoms with Crippen molar-refractivity contribution in [1.29, 1.82) is 0 Å². The Balaban J connectivity index is 1.34. The maximum atomic E-state index is 6.09. The molecule has 0 aliphatic heterocycles. The summed E-state index contributed by atoms with van der Waals surface area (Å²) in [7, 11) is 0. The van der Waals surface area contributed by atoms with Crippen LogP contribution in [0.1, 0.15) is 22.6 Å². The van der Waals surface area contributed by atoms with Gasteiger partial charge in [0, 0.05) is 39.3 Å². The highest BCUT2D eigenvalue weighted by Crippen LogP contribution is 2.47. The number of allylic oxidation sites excluding steroid dienone is 2. The SMILES string of the molecule is Cc1cccc(N(c2ccccc2)C2(c3ccc(-c4ccccc4)c(-n4c5ccccc5c5ccccc54)c3)C=CC(c3ccc(N)cc3)C=C2)c1. The number of benzene rings is 7. The summed E-state index contributed by atoms with van der Waals surface area (Å²) in [4.78, 5) is 2.49. The number of aromatic nitrogens is 1. The lowest BCUT2D eigenvalue weighted by molar-refractivity contribution is 0.661. The van der Waals surface area contributed by atoms with Gasteiger partial charge in [-0.15, -0.1) is 0 Å². The molecule has 7 aromatic carbocycles. The molecular formula is C49H39N3. The molecule has 3 heteroatoms. The lowest BCUT2D eigenvalue weighted by Gasteiger charge is -2.44. The molecule has 3 nitrogen and oxygen atoms in total. The first-order valence-corrected chi connectivity index (χ1v) is 17.9. The second-order valence-electron chi connectivity index (χ2n) is 13.7. The predicted octanol–water partition coefficient (Wildman–Crippen LogP) is 12.3. The number of nitrogen functional groups attached to an aromatic ring is 1. The largest absolute Gasteiger partial charge is 0.399 e. The summed E-state index contributed by atoms with van der Waals surface area (Å²) in [6.45, 7) is 2.16. The van der Waals surface area contributed by atoms with Crippen LogP contribution in [-0.4, -0.2) is 4.57 Å². The van der Waals surface area contributed by atoms with Crippen LogP contribution >= 0.6 is 0 Å². The molecule has 0 atom stereocenters. The van der Waals surface area contributed by atoms with Crippen LogP contribution in [0.25, 0.3) is 38.6 Å².